The lowest BCUT2D eigenvalue weighted by Gasteiger charge is -2.35. The van der Waals surface area contributed by atoms with E-state index in [0.717, 1.165) is 24.9 Å². The molecule has 31 heavy (non-hydrogen) atoms. The van der Waals surface area contributed by atoms with E-state index in [1.807, 2.05) is 0 Å². The molecule has 0 atom stereocenters. The lowest BCUT2D eigenvalue weighted by molar-refractivity contribution is -0.202. The summed E-state index contributed by atoms with van der Waals surface area (Å²) in [5.41, 5.74) is 1.23. The van der Waals surface area contributed by atoms with Gasteiger partial charge < -0.3 is 9.47 Å². The zero-order chi connectivity index (χ0) is 21.7. The average Bonchev–Trinajstić information content (AvgIpc) is 2.81. The Morgan fingerprint density at radius 1 is 0.774 bits per heavy atom. The van der Waals surface area contributed by atoms with Crippen molar-refractivity contribution in [3.63, 3.8) is 0 Å². The van der Waals surface area contributed by atoms with E-state index >= 15 is 0 Å². The van der Waals surface area contributed by atoms with Crippen molar-refractivity contribution in [2.45, 2.75) is 27.1 Å². The molecule has 3 aromatic rings. The van der Waals surface area contributed by atoms with Crippen molar-refractivity contribution in [3.8, 4) is 0 Å². The second-order valence-electron chi connectivity index (χ2n) is 9.07. The topological polar surface area (TPSA) is 18.5 Å². The van der Waals surface area contributed by atoms with Crippen molar-refractivity contribution in [1.29, 1.82) is 0 Å². The van der Waals surface area contributed by atoms with E-state index in [-0.39, 0.29) is 11.7 Å². The van der Waals surface area contributed by atoms with Crippen LogP contribution in [-0.4, -0.2) is 25.7 Å². The van der Waals surface area contributed by atoms with Gasteiger partial charge in [-0.1, -0.05) is 68.4 Å². The summed E-state index contributed by atoms with van der Waals surface area (Å²) in [6.45, 7) is 7.94. The van der Waals surface area contributed by atoms with Crippen molar-refractivity contribution in [2.24, 2.45) is 5.41 Å². The van der Waals surface area contributed by atoms with Crippen molar-refractivity contribution < 1.29 is 9.47 Å². The highest BCUT2D eigenvalue weighted by Crippen LogP contribution is 2.55. The van der Waals surface area contributed by atoms with Gasteiger partial charge in [0.1, 0.15) is 23.2 Å². The molecule has 0 N–H and O–H groups in total. The predicted molar refractivity (Wildman–Crippen MR) is 133 cm³/mol. The summed E-state index contributed by atoms with van der Waals surface area (Å²) in [4.78, 5) is 0. The summed E-state index contributed by atoms with van der Waals surface area (Å²) >= 11 is 0. The van der Waals surface area contributed by atoms with E-state index in [1.165, 1.54) is 15.9 Å². The summed E-state index contributed by atoms with van der Waals surface area (Å²) < 4.78 is 12.1. The summed E-state index contributed by atoms with van der Waals surface area (Å²) in [5.74, 6) is 0. The van der Waals surface area contributed by atoms with Crippen molar-refractivity contribution >= 4 is 23.2 Å². The SMILES string of the molecule is C/C(=C\C[P+](c1ccccc1)(c1ccccc1)c1ccccc1)C1OCC(C)(C)CO1. The van der Waals surface area contributed by atoms with Gasteiger partial charge in [0.05, 0.1) is 19.4 Å². The van der Waals surface area contributed by atoms with Gasteiger partial charge in [0.25, 0.3) is 0 Å². The van der Waals surface area contributed by atoms with E-state index in [1.54, 1.807) is 0 Å². The quantitative estimate of drug-likeness (QED) is 0.388. The number of hydrogen-bond acceptors (Lipinski definition) is 2. The second kappa shape index (κ2) is 9.49. The molecule has 0 bridgehead atoms. The van der Waals surface area contributed by atoms with Crippen LogP contribution in [0, 0.1) is 5.41 Å². The van der Waals surface area contributed by atoms with E-state index in [4.69, 9.17) is 9.47 Å². The average molecular weight is 432 g/mol. The third-order valence-corrected chi connectivity index (χ3v) is 10.2. The Bertz CT molecular complexity index is 890. The maximum Gasteiger partial charge on any atom is 0.179 e. The number of rotatable bonds is 6. The largest absolute Gasteiger partial charge is 0.348 e. The number of allylic oxidation sites excluding steroid dienone is 1. The molecule has 0 saturated carbocycles. The first-order valence-electron chi connectivity index (χ1n) is 11.0. The standard InChI is InChI=1S/C28H32O2P/c1-23(27-29-21-28(2,3)22-30-27)19-20-31(24-13-7-4-8-14-24,25-15-9-5-10-16-25)26-17-11-6-12-18-26/h4-19,27H,20-22H2,1-3H3/q+1/b23-19+. The van der Waals surface area contributed by atoms with Gasteiger partial charge in [0, 0.05) is 5.41 Å². The molecule has 1 fully saturated rings. The molecule has 4 rings (SSSR count). The molecule has 2 nitrogen and oxygen atoms in total. The molecule has 3 heteroatoms. The third kappa shape index (κ3) is 4.83. The molecule has 1 aliphatic heterocycles. The van der Waals surface area contributed by atoms with Crippen LogP contribution in [-0.2, 0) is 9.47 Å². The van der Waals surface area contributed by atoms with Gasteiger partial charge in [-0.3, -0.25) is 0 Å². The maximum atomic E-state index is 6.06. The van der Waals surface area contributed by atoms with Gasteiger partial charge in [-0.25, -0.2) is 0 Å². The molecule has 0 aromatic heterocycles. The number of benzene rings is 3. The minimum absolute atomic E-state index is 0.0751. The highest BCUT2D eigenvalue weighted by atomic mass is 31.2. The van der Waals surface area contributed by atoms with Gasteiger partial charge in [0.15, 0.2) is 6.29 Å². The zero-order valence-electron chi connectivity index (χ0n) is 18.7. The fourth-order valence-corrected chi connectivity index (χ4v) is 8.28. The Kier molecular flexibility index (Phi) is 6.72. The van der Waals surface area contributed by atoms with Crippen LogP contribution in [0.3, 0.4) is 0 Å². The van der Waals surface area contributed by atoms with Crippen LogP contribution < -0.4 is 15.9 Å². The van der Waals surface area contributed by atoms with Crippen LogP contribution in [0.1, 0.15) is 20.8 Å². The smallest absolute Gasteiger partial charge is 0.179 e. The minimum Gasteiger partial charge on any atom is -0.348 e. The molecular weight excluding hydrogens is 399 g/mol. The molecule has 1 heterocycles. The summed E-state index contributed by atoms with van der Waals surface area (Å²) in [6.07, 6.45) is 3.03. The van der Waals surface area contributed by atoms with Crippen molar-refractivity contribution in [3.05, 3.63) is 103 Å². The molecule has 0 spiro atoms. The Morgan fingerprint density at radius 2 is 1.16 bits per heavy atom. The Hall–Kier alpha value is -2.25. The van der Waals surface area contributed by atoms with Crippen LogP contribution in [0.5, 0.6) is 0 Å². The monoisotopic (exact) mass is 431 g/mol. The number of ether oxygens (including phenoxy) is 2. The van der Waals surface area contributed by atoms with Gasteiger partial charge in [-0.2, -0.15) is 0 Å². The lowest BCUT2D eigenvalue weighted by atomic mass is 9.95. The minimum atomic E-state index is -1.87. The lowest BCUT2D eigenvalue weighted by Crippen LogP contribution is -2.38. The van der Waals surface area contributed by atoms with Crippen molar-refractivity contribution in [1.82, 2.24) is 0 Å². The second-order valence-corrected chi connectivity index (χ2v) is 12.6. The van der Waals surface area contributed by atoms with Gasteiger partial charge in [-0.05, 0) is 55.0 Å². The van der Waals surface area contributed by atoms with Crippen LogP contribution >= 0.6 is 7.26 Å². The van der Waals surface area contributed by atoms with Gasteiger partial charge in [-0.15, -0.1) is 0 Å². The molecule has 1 aliphatic rings. The first kappa shape index (κ1) is 22.0. The molecule has 0 amide bonds. The Morgan fingerprint density at radius 3 is 1.55 bits per heavy atom. The molecule has 3 aromatic carbocycles. The van der Waals surface area contributed by atoms with E-state index < -0.39 is 7.26 Å². The number of hydrogen-bond donors (Lipinski definition) is 0. The fraction of sp³-hybridized carbons (Fsp3) is 0.286. The van der Waals surface area contributed by atoms with Crippen molar-refractivity contribution in [2.75, 3.05) is 19.4 Å². The van der Waals surface area contributed by atoms with E-state index in [2.05, 4.69) is 118 Å². The molecule has 0 aliphatic carbocycles. The third-order valence-electron chi connectivity index (χ3n) is 5.90. The highest BCUT2D eigenvalue weighted by molar-refractivity contribution is 7.95. The summed E-state index contributed by atoms with van der Waals surface area (Å²) in [6, 6.07) is 32.9. The summed E-state index contributed by atoms with van der Waals surface area (Å²) in [7, 11) is -1.87. The van der Waals surface area contributed by atoms with Crippen LogP contribution in [0.15, 0.2) is 103 Å². The van der Waals surface area contributed by atoms with Crippen LogP contribution in [0.2, 0.25) is 0 Å². The first-order valence-corrected chi connectivity index (χ1v) is 12.9. The van der Waals surface area contributed by atoms with Gasteiger partial charge in [0.2, 0.25) is 0 Å². The first-order chi connectivity index (χ1) is 15.0. The predicted octanol–water partition coefficient (Wildman–Crippen LogP) is 5.33. The molecule has 0 radical (unpaired) electrons. The fourth-order valence-electron chi connectivity index (χ4n) is 4.14. The molecule has 160 valence electrons. The van der Waals surface area contributed by atoms with E-state index in [9.17, 15) is 0 Å². The van der Waals surface area contributed by atoms with Crippen LogP contribution in [0.4, 0.5) is 0 Å². The maximum absolute atomic E-state index is 6.06. The van der Waals surface area contributed by atoms with Crippen LogP contribution in [0.25, 0.3) is 0 Å². The Labute approximate surface area is 187 Å². The normalized spacial score (nSPS) is 17.5. The zero-order valence-corrected chi connectivity index (χ0v) is 19.6. The molecular formula is C28H32O2P+. The molecule has 1 saturated heterocycles. The summed E-state index contributed by atoms with van der Waals surface area (Å²) in [5, 5.41) is 4.18. The highest BCUT2D eigenvalue weighted by Gasteiger charge is 2.44. The molecule has 0 unspecified atom stereocenters. The van der Waals surface area contributed by atoms with Gasteiger partial charge >= 0.3 is 0 Å². The Balaban J connectivity index is 1.77. The van der Waals surface area contributed by atoms with E-state index in [0.29, 0.717) is 0 Å².